The molecule has 0 atom stereocenters. The first-order valence-electron chi connectivity index (χ1n) is 9.96. The van der Waals surface area contributed by atoms with E-state index in [0.717, 1.165) is 11.1 Å². The zero-order chi connectivity index (χ0) is 22.4. The van der Waals surface area contributed by atoms with Crippen LogP contribution in [0.15, 0.2) is 54.7 Å². The first kappa shape index (κ1) is 22.4. The topological polar surface area (TPSA) is 67.8 Å². The molecule has 0 bridgehead atoms. The van der Waals surface area contributed by atoms with Crippen LogP contribution in [0.4, 0.5) is 16.3 Å². The highest BCUT2D eigenvalue weighted by Gasteiger charge is 2.33. The fourth-order valence-electron chi connectivity index (χ4n) is 3.25. The standard InChI is InChI=1S/C21H19ClN4O3.C2H6/c1-28-17-8-16(9-18(10-17)29-2)25-13-15-11-23-20(22)24-19(15)26(21(25)27)12-14-6-4-3-5-7-14;1-2/h3-11H,12-13H2,1-2H3;1-2H3. The van der Waals surface area contributed by atoms with Gasteiger partial charge < -0.3 is 9.47 Å². The Kier molecular flexibility index (Phi) is 7.31. The number of nitrogens with zero attached hydrogens (tertiary/aromatic N) is 4. The Morgan fingerprint density at radius 3 is 2.29 bits per heavy atom. The second-order valence-electron chi connectivity index (χ2n) is 6.50. The molecule has 0 aliphatic carbocycles. The van der Waals surface area contributed by atoms with E-state index in [-0.39, 0.29) is 11.3 Å². The number of urea groups is 1. The van der Waals surface area contributed by atoms with Gasteiger partial charge in [-0.25, -0.2) is 9.78 Å². The minimum Gasteiger partial charge on any atom is -0.497 e. The van der Waals surface area contributed by atoms with E-state index in [4.69, 9.17) is 21.1 Å². The van der Waals surface area contributed by atoms with Crippen molar-refractivity contribution in [1.82, 2.24) is 9.97 Å². The number of anilines is 2. The van der Waals surface area contributed by atoms with E-state index in [1.165, 1.54) is 0 Å². The lowest BCUT2D eigenvalue weighted by Crippen LogP contribution is -2.47. The van der Waals surface area contributed by atoms with Gasteiger partial charge in [-0.2, -0.15) is 4.98 Å². The molecular formula is C23H25ClN4O3. The van der Waals surface area contributed by atoms with Gasteiger partial charge in [0.1, 0.15) is 17.3 Å². The van der Waals surface area contributed by atoms with Crippen LogP contribution in [0.2, 0.25) is 5.28 Å². The molecule has 7 nitrogen and oxygen atoms in total. The second kappa shape index (κ2) is 10.1. The van der Waals surface area contributed by atoms with Crippen molar-refractivity contribution in [2.45, 2.75) is 26.9 Å². The van der Waals surface area contributed by atoms with Crippen LogP contribution in [0.25, 0.3) is 0 Å². The van der Waals surface area contributed by atoms with E-state index in [1.54, 1.807) is 48.4 Å². The molecule has 3 aromatic rings. The van der Waals surface area contributed by atoms with Gasteiger partial charge >= 0.3 is 6.03 Å². The van der Waals surface area contributed by atoms with E-state index in [1.807, 2.05) is 44.2 Å². The molecule has 0 saturated carbocycles. The minimum absolute atomic E-state index is 0.103. The van der Waals surface area contributed by atoms with Crippen LogP contribution in [0.3, 0.4) is 0 Å². The van der Waals surface area contributed by atoms with Gasteiger partial charge in [0.2, 0.25) is 5.28 Å². The maximum Gasteiger partial charge on any atom is 0.330 e. The molecule has 0 N–H and O–H groups in total. The van der Waals surface area contributed by atoms with E-state index in [2.05, 4.69) is 9.97 Å². The molecule has 2 heterocycles. The summed E-state index contributed by atoms with van der Waals surface area (Å²) in [6, 6.07) is 14.9. The smallest absolute Gasteiger partial charge is 0.330 e. The van der Waals surface area contributed by atoms with Crippen molar-refractivity contribution >= 4 is 29.1 Å². The third-order valence-corrected chi connectivity index (χ3v) is 4.87. The maximum atomic E-state index is 13.5. The van der Waals surface area contributed by atoms with Crippen molar-refractivity contribution in [2.24, 2.45) is 0 Å². The van der Waals surface area contributed by atoms with Gasteiger partial charge in [0, 0.05) is 30.0 Å². The number of carbonyl (C=O) groups excluding carboxylic acids is 1. The molecule has 0 fully saturated rings. The molecule has 1 aliphatic heterocycles. The second-order valence-corrected chi connectivity index (χ2v) is 6.84. The third-order valence-electron chi connectivity index (χ3n) is 4.69. The van der Waals surface area contributed by atoms with Crippen LogP contribution in [-0.4, -0.2) is 30.2 Å². The number of amides is 2. The summed E-state index contributed by atoms with van der Waals surface area (Å²) in [6.07, 6.45) is 1.65. The number of methoxy groups -OCH3 is 2. The number of carbonyl (C=O) groups is 1. The zero-order valence-corrected chi connectivity index (χ0v) is 18.8. The van der Waals surface area contributed by atoms with Crippen molar-refractivity contribution in [1.29, 1.82) is 0 Å². The SMILES string of the molecule is CC.COc1cc(OC)cc(N2Cc3cnc(Cl)nc3N(Cc3ccccc3)C2=O)c1. The average molecular weight is 441 g/mol. The molecule has 162 valence electrons. The molecule has 4 rings (SSSR count). The monoisotopic (exact) mass is 440 g/mol. The minimum atomic E-state index is -0.216. The molecule has 0 spiro atoms. The highest BCUT2D eigenvalue weighted by atomic mass is 35.5. The predicted octanol–water partition coefficient (Wildman–Crippen LogP) is 5.32. The first-order valence-corrected chi connectivity index (χ1v) is 10.3. The van der Waals surface area contributed by atoms with Crippen LogP contribution in [0.5, 0.6) is 11.5 Å². The number of hydrogen-bond acceptors (Lipinski definition) is 5. The van der Waals surface area contributed by atoms with E-state index >= 15 is 0 Å². The number of hydrogen-bond donors (Lipinski definition) is 0. The number of fused-ring (bicyclic) bond motifs is 1. The maximum absolute atomic E-state index is 13.5. The summed E-state index contributed by atoms with van der Waals surface area (Å²) in [5, 5.41) is 0.103. The van der Waals surface area contributed by atoms with Crippen molar-refractivity contribution in [3.05, 3.63) is 71.1 Å². The van der Waals surface area contributed by atoms with Crippen molar-refractivity contribution in [3.63, 3.8) is 0 Å². The van der Waals surface area contributed by atoms with Crippen LogP contribution < -0.4 is 19.3 Å². The lowest BCUT2D eigenvalue weighted by molar-refractivity contribution is 0.249. The van der Waals surface area contributed by atoms with Gasteiger partial charge in [-0.3, -0.25) is 9.80 Å². The van der Waals surface area contributed by atoms with E-state index < -0.39 is 0 Å². The molecule has 2 amide bonds. The van der Waals surface area contributed by atoms with Crippen molar-refractivity contribution < 1.29 is 14.3 Å². The Morgan fingerprint density at radius 1 is 1.03 bits per heavy atom. The summed E-state index contributed by atoms with van der Waals surface area (Å²) in [7, 11) is 3.15. The summed E-state index contributed by atoms with van der Waals surface area (Å²) < 4.78 is 10.7. The van der Waals surface area contributed by atoms with E-state index in [0.29, 0.717) is 36.1 Å². The Morgan fingerprint density at radius 2 is 1.68 bits per heavy atom. The summed E-state index contributed by atoms with van der Waals surface area (Å²) in [4.78, 5) is 25.1. The van der Waals surface area contributed by atoms with Crippen LogP contribution in [0, 0.1) is 0 Å². The van der Waals surface area contributed by atoms with Gasteiger partial charge in [0.25, 0.3) is 0 Å². The van der Waals surface area contributed by atoms with Crippen LogP contribution >= 0.6 is 11.6 Å². The highest BCUT2D eigenvalue weighted by Crippen LogP contribution is 2.35. The molecule has 0 radical (unpaired) electrons. The summed E-state index contributed by atoms with van der Waals surface area (Å²) in [6.45, 7) is 4.67. The Hall–Kier alpha value is -3.32. The number of benzene rings is 2. The zero-order valence-electron chi connectivity index (χ0n) is 18.0. The summed E-state index contributed by atoms with van der Waals surface area (Å²) in [5.41, 5.74) is 2.43. The van der Waals surface area contributed by atoms with Crippen LogP contribution in [0.1, 0.15) is 25.0 Å². The highest BCUT2D eigenvalue weighted by molar-refractivity contribution is 6.28. The quantitative estimate of drug-likeness (QED) is 0.502. The first-order chi connectivity index (χ1) is 15.1. The van der Waals surface area contributed by atoms with Gasteiger partial charge in [-0.15, -0.1) is 0 Å². The average Bonchev–Trinajstić information content (AvgIpc) is 2.82. The molecule has 1 aromatic heterocycles. The summed E-state index contributed by atoms with van der Waals surface area (Å²) >= 11 is 6.02. The van der Waals surface area contributed by atoms with Crippen molar-refractivity contribution in [2.75, 3.05) is 24.0 Å². The van der Waals surface area contributed by atoms with Crippen molar-refractivity contribution in [3.8, 4) is 11.5 Å². The molecular weight excluding hydrogens is 416 g/mol. The Labute approximate surface area is 187 Å². The molecule has 31 heavy (non-hydrogen) atoms. The predicted molar refractivity (Wildman–Crippen MR) is 122 cm³/mol. The largest absolute Gasteiger partial charge is 0.497 e. The molecule has 8 heteroatoms. The van der Waals surface area contributed by atoms with Gasteiger partial charge in [0.15, 0.2) is 0 Å². The fourth-order valence-corrected chi connectivity index (χ4v) is 3.38. The Balaban J connectivity index is 0.00000132. The third kappa shape index (κ3) is 4.88. The Bertz CT molecular complexity index is 1020. The van der Waals surface area contributed by atoms with E-state index in [9.17, 15) is 4.79 Å². The lowest BCUT2D eigenvalue weighted by atomic mass is 10.1. The molecule has 0 unspecified atom stereocenters. The number of aromatic nitrogens is 2. The molecule has 2 aromatic carbocycles. The van der Waals surface area contributed by atoms with Gasteiger partial charge in [-0.1, -0.05) is 44.2 Å². The molecule has 1 aliphatic rings. The van der Waals surface area contributed by atoms with Gasteiger partial charge in [-0.05, 0) is 17.2 Å². The molecule has 0 saturated heterocycles. The fraction of sp³-hybridized carbons (Fsp3) is 0.261. The number of halogens is 1. The normalized spacial score (nSPS) is 12.6. The van der Waals surface area contributed by atoms with Gasteiger partial charge in [0.05, 0.1) is 33.0 Å². The number of ether oxygens (including phenoxy) is 2. The number of rotatable bonds is 5. The lowest BCUT2D eigenvalue weighted by Gasteiger charge is -2.36. The summed E-state index contributed by atoms with van der Waals surface area (Å²) in [5.74, 6) is 1.71. The van der Waals surface area contributed by atoms with Crippen LogP contribution in [-0.2, 0) is 13.1 Å².